The van der Waals surface area contributed by atoms with Crippen molar-refractivity contribution in [3.63, 3.8) is 0 Å². The van der Waals surface area contributed by atoms with Crippen molar-refractivity contribution in [2.45, 2.75) is 52.9 Å². The summed E-state index contributed by atoms with van der Waals surface area (Å²) in [6.07, 6.45) is 4.64. The second-order valence-electron chi connectivity index (χ2n) is 4.61. The molecule has 0 aliphatic carbocycles. The highest BCUT2D eigenvalue weighted by Gasteiger charge is 2.24. The molecule has 0 saturated carbocycles. The van der Waals surface area contributed by atoms with E-state index in [1.165, 1.54) is 7.11 Å². The van der Waals surface area contributed by atoms with Gasteiger partial charge in [0.25, 0.3) is 0 Å². The molecule has 0 radical (unpaired) electrons. The fraction of sp³-hybridized carbons (Fsp3) is 0.857. The summed E-state index contributed by atoms with van der Waals surface area (Å²) in [5.74, 6) is -0.189. The molecule has 0 bridgehead atoms. The van der Waals surface area contributed by atoms with Crippen LogP contribution < -0.4 is 0 Å². The van der Waals surface area contributed by atoms with E-state index >= 15 is 0 Å². The predicted molar refractivity (Wildman–Crippen MR) is 72.2 cm³/mol. The van der Waals surface area contributed by atoms with Gasteiger partial charge >= 0.3 is 5.97 Å². The average Bonchev–Trinajstić information content (AvgIpc) is 2.37. The molecule has 106 valence electrons. The number of carbonyl (C=O) groups is 2. The molecule has 0 N–H and O–H groups in total. The SMILES string of the molecule is CCCC(CCC)C(=O)N(CCC)CC(=O)OC. The van der Waals surface area contributed by atoms with E-state index in [0.29, 0.717) is 6.54 Å². The molecule has 0 heterocycles. The van der Waals surface area contributed by atoms with Crippen molar-refractivity contribution in [2.24, 2.45) is 5.92 Å². The van der Waals surface area contributed by atoms with Crippen molar-refractivity contribution in [2.75, 3.05) is 20.2 Å². The minimum atomic E-state index is -0.344. The Morgan fingerprint density at radius 1 is 1.06 bits per heavy atom. The lowest BCUT2D eigenvalue weighted by Crippen LogP contribution is -2.40. The van der Waals surface area contributed by atoms with E-state index in [-0.39, 0.29) is 24.3 Å². The van der Waals surface area contributed by atoms with E-state index in [4.69, 9.17) is 0 Å². The van der Waals surface area contributed by atoms with Crippen LogP contribution in [0.5, 0.6) is 0 Å². The molecule has 0 aliphatic rings. The minimum absolute atomic E-state index is 0.0520. The van der Waals surface area contributed by atoms with Gasteiger partial charge in [-0.2, -0.15) is 0 Å². The summed E-state index contributed by atoms with van der Waals surface area (Å²) in [6, 6.07) is 0. The topological polar surface area (TPSA) is 46.6 Å². The van der Waals surface area contributed by atoms with Crippen molar-refractivity contribution in [3.05, 3.63) is 0 Å². The minimum Gasteiger partial charge on any atom is -0.468 e. The number of esters is 1. The first-order valence-corrected chi connectivity index (χ1v) is 6.96. The molecule has 0 saturated heterocycles. The molecule has 0 aromatic heterocycles. The third-order valence-corrected chi connectivity index (χ3v) is 2.98. The zero-order valence-corrected chi connectivity index (χ0v) is 12.2. The van der Waals surface area contributed by atoms with Gasteiger partial charge in [0.1, 0.15) is 6.54 Å². The van der Waals surface area contributed by atoms with Crippen LogP contribution in [0.4, 0.5) is 0 Å². The van der Waals surface area contributed by atoms with Crippen LogP contribution in [0.1, 0.15) is 52.9 Å². The summed E-state index contributed by atoms with van der Waals surface area (Å²) in [7, 11) is 1.35. The van der Waals surface area contributed by atoms with E-state index in [2.05, 4.69) is 18.6 Å². The van der Waals surface area contributed by atoms with E-state index in [0.717, 1.165) is 32.1 Å². The van der Waals surface area contributed by atoms with Gasteiger partial charge < -0.3 is 9.64 Å². The van der Waals surface area contributed by atoms with Crippen LogP contribution in [0.3, 0.4) is 0 Å². The lowest BCUT2D eigenvalue weighted by atomic mass is 9.96. The number of amides is 1. The summed E-state index contributed by atoms with van der Waals surface area (Å²) in [5, 5.41) is 0. The molecule has 0 aromatic rings. The van der Waals surface area contributed by atoms with Crippen LogP contribution in [0.2, 0.25) is 0 Å². The van der Waals surface area contributed by atoms with Crippen molar-refractivity contribution in [1.82, 2.24) is 4.90 Å². The highest BCUT2D eigenvalue weighted by Crippen LogP contribution is 2.17. The maximum absolute atomic E-state index is 12.4. The Hall–Kier alpha value is -1.06. The molecule has 18 heavy (non-hydrogen) atoms. The fourth-order valence-corrected chi connectivity index (χ4v) is 2.10. The summed E-state index contributed by atoms with van der Waals surface area (Å²) in [4.78, 5) is 25.3. The van der Waals surface area contributed by atoms with Gasteiger partial charge in [0.15, 0.2) is 0 Å². The van der Waals surface area contributed by atoms with E-state index in [1.807, 2.05) is 6.92 Å². The zero-order chi connectivity index (χ0) is 14.0. The van der Waals surface area contributed by atoms with Gasteiger partial charge in [0.2, 0.25) is 5.91 Å². The maximum atomic E-state index is 12.4. The summed E-state index contributed by atoms with van der Waals surface area (Å²) in [5.41, 5.74) is 0. The lowest BCUT2D eigenvalue weighted by Gasteiger charge is -2.26. The van der Waals surface area contributed by atoms with Crippen LogP contribution in [-0.2, 0) is 14.3 Å². The average molecular weight is 257 g/mol. The molecule has 0 spiro atoms. The molecule has 4 nitrogen and oxygen atoms in total. The third kappa shape index (κ3) is 6.03. The smallest absolute Gasteiger partial charge is 0.325 e. The van der Waals surface area contributed by atoms with E-state index in [9.17, 15) is 9.59 Å². The van der Waals surface area contributed by atoms with Crippen LogP contribution >= 0.6 is 0 Å². The van der Waals surface area contributed by atoms with Gasteiger partial charge in [-0.1, -0.05) is 33.6 Å². The molecular weight excluding hydrogens is 230 g/mol. The Labute approximate surface area is 111 Å². The van der Waals surface area contributed by atoms with Gasteiger partial charge in [0.05, 0.1) is 7.11 Å². The van der Waals surface area contributed by atoms with Gasteiger partial charge in [-0.3, -0.25) is 9.59 Å². The van der Waals surface area contributed by atoms with Crippen molar-refractivity contribution in [3.8, 4) is 0 Å². The first-order valence-electron chi connectivity index (χ1n) is 6.96. The van der Waals surface area contributed by atoms with Crippen molar-refractivity contribution >= 4 is 11.9 Å². The van der Waals surface area contributed by atoms with Crippen molar-refractivity contribution in [1.29, 1.82) is 0 Å². The number of hydrogen-bond donors (Lipinski definition) is 0. The number of hydrogen-bond acceptors (Lipinski definition) is 3. The van der Waals surface area contributed by atoms with Gasteiger partial charge in [-0.25, -0.2) is 0 Å². The Bertz CT molecular complexity index is 247. The summed E-state index contributed by atoms with van der Waals surface area (Å²) >= 11 is 0. The highest BCUT2D eigenvalue weighted by atomic mass is 16.5. The monoisotopic (exact) mass is 257 g/mol. The first-order chi connectivity index (χ1) is 8.60. The second kappa shape index (κ2) is 9.92. The third-order valence-electron chi connectivity index (χ3n) is 2.98. The van der Waals surface area contributed by atoms with E-state index < -0.39 is 0 Å². The molecular formula is C14H27NO3. The predicted octanol–water partition coefficient (Wildman–Crippen LogP) is 2.61. The lowest BCUT2D eigenvalue weighted by molar-refractivity contribution is -0.148. The number of nitrogens with zero attached hydrogens (tertiary/aromatic N) is 1. The largest absolute Gasteiger partial charge is 0.468 e. The number of ether oxygens (including phenoxy) is 1. The van der Waals surface area contributed by atoms with Crippen LogP contribution in [0, 0.1) is 5.92 Å². The number of methoxy groups -OCH3 is 1. The maximum Gasteiger partial charge on any atom is 0.325 e. The van der Waals surface area contributed by atoms with Gasteiger partial charge in [-0.15, -0.1) is 0 Å². The molecule has 4 heteroatoms. The zero-order valence-electron chi connectivity index (χ0n) is 12.2. The van der Waals surface area contributed by atoms with Gasteiger partial charge in [0, 0.05) is 12.5 Å². The van der Waals surface area contributed by atoms with E-state index in [1.54, 1.807) is 4.90 Å². The molecule has 0 aromatic carbocycles. The first kappa shape index (κ1) is 16.9. The van der Waals surface area contributed by atoms with Crippen molar-refractivity contribution < 1.29 is 14.3 Å². The van der Waals surface area contributed by atoms with Crippen LogP contribution in [-0.4, -0.2) is 37.0 Å². The summed E-state index contributed by atoms with van der Waals surface area (Å²) < 4.78 is 4.64. The Morgan fingerprint density at radius 2 is 1.61 bits per heavy atom. The molecule has 0 rings (SSSR count). The standard InChI is InChI=1S/C14H27NO3/c1-5-8-12(9-6-2)14(17)15(10-7-3)11-13(16)18-4/h12H,5-11H2,1-4H3. The highest BCUT2D eigenvalue weighted by molar-refractivity contribution is 5.83. The van der Waals surface area contributed by atoms with Crippen LogP contribution in [0.25, 0.3) is 0 Å². The van der Waals surface area contributed by atoms with Gasteiger partial charge in [-0.05, 0) is 19.3 Å². The molecule has 0 atom stereocenters. The fourth-order valence-electron chi connectivity index (χ4n) is 2.10. The molecule has 0 aliphatic heterocycles. The molecule has 1 amide bonds. The Balaban J connectivity index is 4.62. The van der Waals surface area contributed by atoms with Crippen LogP contribution in [0.15, 0.2) is 0 Å². The normalized spacial score (nSPS) is 10.5. The number of rotatable bonds is 9. The second-order valence-corrected chi connectivity index (χ2v) is 4.61. The Kier molecular flexibility index (Phi) is 9.33. The molecule has 0 unspecified atom stereocenters. The molecule has 0 fully saturated rings. The summed E-state index contributed by atoms with van der Waals surface area (Å²) in [6.45, 7) is 6.87. The number of carbonyl (C=O) groups excluding carboxylic acids is 2. The quantitative estimate of drug-likeness (QED) is 0.596. The Morgan fingerprint density at radius 3 is 2.00 bits per heavy atom.